The Morgan fingerprint density at radius 2 is 1.65 bits per heavy atom. The van der Waals surface area contributed by atoms with Crippen LogP contribution < -0.4 is 0 Å². The molecule has 0 N–H and O–H groups in total. The lowest BCUT2D eigenvalue weighted by Gasteiger charge is -2.18. The lowest BCUT2D eigenvalue weighted by Crippen LogP contribution is -2.09. The van der Waals surface area contributed by atoms with Crippen molar-refractivity contribution in [3.05, 3.63) is 46.0 Å². The maximum absolute atomic E-state index is 6.16. The molecule has 0 aliphatic heterocycles. The third-order valence-electron chi connectivity index (χ3n) is 4.11. The zero-order chi connectivity index (χ0) is 12.6. The summed E-state index contributed by atoms with van der Waals surface area (Å²) in [4.78, 5) is 0. The molecule has 0 radical (unpaired) electrons. The molecule has 1 aromatic carbocycles. The van der Waals surface area contributed by atoms with Crippen LogP contribution in [-0.4, -0.2) is 0 Å². The maximum Gasteiger partial charge on any atom is 0.0174 e. The van der Waals surface area contributed by atoms with E-state index < -0.39 is 0 Å². The minimum atomic E-state index is 0.251. The molecule has 1 saturated carbocycles. The number of hydrogen-bond acceptors (Lipinski definition) is 0. The lowest BCUT2D eigenvalue weighted by atomic mass is 9.87. The molecule has 1 fully saturated rings. The number of benzene rings is 1. The number of rotatable bonds is 3. The second-order valence-corrected chi connectivity index (χ2v) is 6.08. The van der Waals surface area contributed by atoms with Gasteiger partial charge in [-0.3, -0.25) is 0 Å². The minimum Gasteiger partial charge on any atom is -0.0895 e. The Morgan fingerprint density at radius 1 is 1.12 bits per heavy atom. The molecule has 17 heavy (non-hydrogen) atoms. The van der Waals surface area contributed by atoms with Crippen molar-refractivity contribution in [2.24, 2.45) is 0 Å². The average molecular weight is 249 g/mol. The van der Waals surface area contributed by atoms with Crippen LogP contribution in [0.5, 0.6) is 0 Å². The zero-order valence-corrected chi connectivity index (χ0v) is 11.9. The van der Waals surface area contributed by atoms with Gasteiger partial charge in [-0.1, -0.05) is 49.7 Å². The molecule has 0 aromatic heterocycles. The Kier molecular flexibility index (Phi) is 3.36. The van der Waals surface area contributed by atoms with Crippen LogP contribution in [0.25, 0.3) is 0 Å². The second kappa shape index (κ2) is 4.49. The molecule has 0 unspecified atom stereocenters. The highest BCUT2D eigenvalue weighted by Crippen LogP contribution is 2.54. The fourth-order valence-corrected chi connectivity index (χ4v) is 2.70. The van der Waals surface area contributed by atoms with Gasteiger partial charge in [-0.25, -0.2) is 0 Å². The Bertz CT molecular complexity index is 429. The first kappa shape index (κ1) is 12.7. The monoisotopic (exact) mass is 248 g/mol. The van der Waals surface area contributed by atoms with Crippen molar-refractivity contribution in [1.29, 1.82) is 0 Å². The minimum absolute atomic E-state index is 0.251. The van der Waals surface area contributed by atoms with Crippen LogP contribution in [0, 0.1) is 0 Å². The van der Waals surface area contributed by atoms with Gasteiger partial charge < -0.3 is 0 Å². The fourth-order valence-electron chi connectivity index (χ4n) is 2.52. The van der Waals surface area contributed by atoms with E-state index in [0.717, 1.165) is 5.03 Å². The molecule has 0 nitrogen and oxygen atoms in total. The lowest BCUT2D eigenvalue weighted by molar-refractivity contribution is 0.807. The Morgan fingerprint density at radius 3 is 2.00 bits per heavy atom. The molecule has 0 saturated heterocycles. The summed E-state index contributed by atoms with van der Waals surface area (Å²) in [6.07, 6.45) is 2.48. The van der Waals surface area contributed by atoms with Gasteiger partial charge in [0.25, 0.3) is 0 Å². The van der Waals surface area contributed by atoms with Crippen molar-refractivity contribution in [3.63, 3.8) is 0 Å². The van der Waals surface area contributed by atoms with E-state index in [1.165, 1.54) is 29.5 Å². The van der Waals surface area contributed by atoms with Crippen molar-refractivity contribution in [3.8, 4) is 0 Å². The second-order valence-electron chi connectivity index (χ2n) is 5.52. The molecule has 0 heterocycles. The summed E-state index contributed by atoms with van der Waals surface area (Å²) in [5.41, 5.74) is 4.44. The molecule has 0 bridgehead atoms. The highest BCUT2D eigenvalue weighted by atomic mass is 35.5. The van der Waals surface area contributed by atoms with Crippen molar-refractivity contribution in [1.82, 2.24) is 0 Å². The van der Waals surface area contributed by atoms with Crippen LogP contribution >= 0.6 is 11.6 Å². The van der Waals surface area contributed by atoms with Crippen molar-refractivity contribution < 1.29 is 0 Å². The third kappa shape index (κ3) is 2.28. The first-order valence-corrected chi connectivity index (χ1v) is 6.79. The van der Waals surface area contributed by atoms with Gasteiger partial charge in [-0.05, 0) is 49.3 Å². The van der Waals surface area contributed by atoms with Gasteiger partial charge in [0.05, 0.1) is 0 Å². The number of halogens is 1. The number of hydrogen-bond donors (Lipinski definition) is 0. The molecular weight excluding hydrogens is 228 g/mol. The van der Waals surface area contributed by atoms with E-state index in [9.17, 15) is 0 Å². The van der Waals surface area contributed by atoms with Crippen LogP contribution in [-0.2, 0) is 5.41 Å². The van der Waals surface area contributed by atoms with Crippen LogP contribution in [0.3, 0.4) is 0 Å². The summed E-state index contributed by atoms with van der Waals surface area (Å²) in [6, 6.07) is 9.09. The quantitative estimate of drug-likeness (QED) is 0.674. The van der Waals surface area contributed by atoms with Gasteiger partial charge in [0.1, 0.15) is 0 Å². The first-order valence-electron chi connectivity index (χ1n) is 6.41. The summed E-state index contributed by atoms with van der Waals surface area (Å²) in [6.45, 7) is 8.64. The molecule has 1 aliphatic carbocycles. The van der Waals surface area contributed by atoms with E-state index in [-0.39, 0.29) is 5.41 Å². The maximum atomic E-state index is 6.16. The van der Waals surface area contributed by atoms with Gasteiger partial charge in [0.2, 0.25) is 0 Å². The van der Waals surface area contributed by atoms with Gasteiger partial charge in [-0.2, -0.15) is 0 Å². The highest BCUT2D eigenvalue weighted by molar-refractivity contribution is 6.29. The molecule has 0 spiro atoms. The smallest absolute Gasteiger partial charge is 0.0174 e. The summed E-state index contributed by atoms with van der Waals surface area (Å²) in [5.74, 6) is 0.602. The van der Waals surface area contributed by atoms with Crippen molar-refractivity contribution in [2.75, 3.05) is 0 Å². The summed E-state index contributed by atoms with van der Waals surface area (Å²) < 4.78 is 0. The number of allylic oxidation sites excluding steroid dienone is 2. The van der Waals surface area contributed by atoms with Gasteiger partial charge in [0.15, 0.2) is 0 Å². The average Bonchev–Trinajstić information content (AvgIpc) is 3.09. The fraction of sp³-hybridized carbons (Fsp3) is 0.500. The first-order chi connectivity index (χ1) is 7.97. The molecule has 0 atom stereocenters. The largest absolute Gasteiger partial charge is 0.0895 e. The summed E-state index contributed by atoms with van der Waals surface area (Å²) in [7, 11) is 0. The van der Waals surface area contributed by atoms with Gasteiger partial charge >= 0.3 is 0 Å². The molecule has 1 aliphatic rings. The van der Waals surface area contributed by atoms with E-state index >= 15 is 0 Å². The van der Waals surface area contributed by atoms with E-state index in [1.54, 1.807) is 0 Å². The summed E-state index contributed by atoms with van der Waals surface area (Å²) in [5, 5.41) is 0.954. The molecule has 1 heteroatoms. The van der Waals surface area contributed by atoms with Crippen LogP contribution in [0.1, 0.15) is 57.6 Å². The van der Waals surface area contributed by atoms with Gasteiger partial charge in [0, 0.05) is 10.4 Å². The normalized spacial score (nSPS) is 19.2. The van der Waals surface area contributed by atoms with Crippen molar-refractivity contribution in [2.45, 2.75) is 51.9 Å². The van der Waals surface area contributed by atoms with E-state index in [2.05, 4.69) is 45.0 Å². The van der Waals surface area contributed by atoms with Crippen LogP contribution in [0.4, 0.5) is 0 Å². The van der Waals surface area contributed by atoms with Crippen LogP contribution in [0.15, 0.2) is 34.9 Å². The molecular formula is C16H21Cl. The SMILES string of the molecule is CC(Cl)=C(C)C1(c2ccc(C(C)C)cc2)CC1. The summed E-state index contributed by atoms with van der Waals surface area (Å²) >= 11 is 6.16. The van der Waals surface area contributed by atoms with E-state index in [0.29, 0.717) is 5.92 Å². The van der Waals surface area contributed by atoms with Crippen molar-refractivity contribution >= 4 is 11.6 Å². The molecule has 1 aromatic rings. The Hall–Kier alpha value is -0.750. The van der Waals surface area contributed by atoms with E-state index in [1.807, 2.05) is 6.92 Å². The molecule has 0 amide bonds. The molecule has 92 valence electrons. The standard InChI is InChI=1S/C16H21Cl/c1-11(2)14-5-7-15(8-6-14)16(9-10-16)12(3)13(4)17/h5-8,11H,9-10H2,1-4H3. The molecule has 2 rings (SSSR count). The topological polar surface area (TPSA) is 0 Å². The zero-order valence-electron chi connectivity index (χ0n) is 11.2. The van der Waals surface area contributed by atoms with Gasteiger partial charge in [-0.15, -0.1) is 0 Å². The predicted molar refractivity (Wildman–Crippen MR) is 75.7 cm³/mol. The van der Waals surface area contributed by atoms with E-state index in [4.69, 9.17) is 11.6 Å². The third-order valence-corrected chi connectivity index (χ3v) is 4.40. The Labute approximate surface area is 110 Å². The Balaban J connectivity index is 2.33. The predicted octanol–water partition coefficient (Wildman–Crippen LogP) is 5.37. The highest BCUT2D eigenvalue weighted by Gasteiger charge is 2.46. The van der Waals surface area contributed by atoms with Crippen LogP contribution in [0.2, 0.25) is 0 Å².